The molecule has 0 radical (unpaired) electrons. The first kappa shape index (κ1) is 22.2. The number of ether oxygens (including phenoxy) is 1. The molecule has 8 nitrogen and oxygen atoms in total. The van der Waals surface area contributed by atoms with E-state index in [9.17, 15) is 18.0 Å². The standard InChI is InChI=1S/C19H29N3O5S/c1-5-22(6-2)28(25,26)14-7-8-17(27-4)16(12-14)21-18(23)9-10-20-19(24)15-11-13(15)3/h7-8,12-13,15H,5-6,9-11H2,1-4H3,(H,20,24)(H,21,23). The first-order valence-corrected chi connectivity index (χ1v) is 10.9. The number of nitrogens with zero attached hydrogens (tertiary/aromatic N) is 1. The number of benzene rings is 1. The van der Waals surface area contributed by atoms with E-state index >= 15 is 0 Å². The number of carbonyl (C=O) groups excluding carboxylic acids is 2. The van der Waals surface area contributed by atoms with Crippen molar-refractivity contribution in [3.05, 3.63) is 18.2 Å². The highest BCUT2D eigenvalue weighted by Gasteiger charge is 2.38. The van der Waals surface area contributed by atoms with Gasteiger partial charge in [0.2, 0.25) is 21.8 Å². The number of methoxy groups -OCH3 is 1. The summed E-state index contributed by atoms with van der Waals surface area (Å²) in [6.07, 6.45) is 0.978. The van der Waals surface area contributed by atoms with Crippen LogP contribution in [0.4, 0.5) is 5.69 Å². The van der Waals surface area contributed by atoms with Crippen molar-refractivity contribution < 1.29 is 22.7 Å². The molecule has 28 heavy (non-hydrogen) atoms. The van der Waals surface area contributed by atoms with Crippen LogP contribution in [-0.2, 0) is 19.6 Å². The Hall–Kier alpha value is -2.13. The number of sulfonamides is 1. The topological polar surface area (TPSA) is 105 Å². The van der Waals surface area contributed by atoms with Crippen LogP contribution in [-0.4, -0.2) is 51.3 Å². The summed E-state index contributed by atoms with van der Waals surface area (Å²) in [5.41, 5.74) is 0.280. The SMILES string of the molecule is CCN(CC)S(=O)(=O)c1ccc(OC)c(NC(=O)CCNC(=O)C2CC2C)c1. The Morgan fingerprint density at radius 2 is 1.89 bits per heavy atom. The van der Waals surface area contributed by atoms with E-state index in [1.54, 1.807) is 13.8 Å². The lowest BCUT2D eigenvalue weighted by atomic mass is 10.2. The third-order valence-corrected chi connectivity index (χ3v) is 6.93. The highest BCUT2D eigenvalue weighted by molar-refractivity contribution is 7.89. The summed E-state index contributed by atoms with van der Waals surface area (Å²) >= 11 is 0. The van der Waals surface area contributed by atoms with E-state index in [0.29, 0.717) is 24.8 Å². The van der Waals surface area contributed by atoms with Gasteiger partial charge in [-0.1, -0.05) is 20.8 Å². The quantitative estimate of drug-likeness (QED) is 0.611. The summed E-state index contributed by atoms with van der Waals surface area (Å²) in [7, 11) is -2.21. The fourth-order valence-electron chi connectivity index (χ4n) is 2.99. The van der Waals surface area contributed by atoms with Crippen LogP contribution >= 0.6 is 0 Å². The molecule has 2 unspecified atom stereocenters. The minimum Gasteiger partial charge on any atom is -0.495 e. The van der Waals surface area contributed by atoms with Crippen LogP contribution < -0.4 is 15.4 Å². The smallest absolute Gasteiger partial charge is 0.243 e. The second kappa shape index (κ2) is 9.38. The number of nitrogens with one attached hydrogen (secondary N) is 2. The highest BCUT2D eigenvalue weighted by atomic mass is 32.2. The summed E-state index contributed by atoms with van der Waals surface area (Å²) in [5.74, 6) is 0.478. The third-order valence-electron chi connectivity index (χ3n) is 4.89. The van der Waals surface area contributed by atoms with Crippen LogP contribution in [0.1, 0.15) is 33.6 Å². The number of rotatable bonds is 10. The van der Waals surface area contributed by atoms with Crippen molar-refractivity contribution in [2.24, 2.45) is 11.8 Å². The fourth-order valence-corrected chi connectivity index (χ4v) is 4.47. The van der Waals surface area contributed by atoms with Crippen molar-refractivity contribution >= 4 is 27.5 Å². The first-order valence-electron chi connectivity index (χ1n) is 9.50. The zero-order valence-electron chi connectivity index (χ0n) is 16.8. The molecule has 0 aromatic heterocycles. The van der Waals surface area contributed by atoms with Crippen LogP contribution in [0.2, 0.25) is 0 Å². The fraction of sp³-hybridized carbons (Fsp3) is 0.579. The van der Waals surface area contributed by atoms with Gasteiger partial charge < -0.3 is 15.4 Å². The van der Waals surface area contributed by atoms with E-state index < -0.39 is 10.0 Å². The molecule has 0 spiro atoms. The molecule has 1 aromatic carbocycles. The Bertz CT molecular complexity index is 821. The van der Waals surface area contributed by atoms with E-state index in [2.05, 4.69) is 10.6 Å². The van der Waals surface area contributed by atoms with Crippen LogP contribution in [0.25, 0.3) is 0 Å². The van der Waals surface area contributed by atoms with Gasteiger partial charge in [0.1, 0.15) is 5.75 Å². The van der Waals surface area contributed by atoms with Crippen molar-refractivity contribution in [1.82, 2.24) is 9.62 Å². The molecule has 0 heterocycles. The second-order valence-corrected chi connectivity index (χ2v) is 8.80. The Morgan fingerprint density at radius 1 is 1.25 bits per heavy atom. The molecule has 2 rings (SSSR count). The van der Waals surface area contributed by atoms with Gasteiger partial charge in [-0.05, 0) is 30.5 Å². The molecule has 0 bridgehead atoms. The minimum atomic E-state index is -3.65. The van der Waals surface area contributed by atoms with Crippen molar-refractivity contribution in [2.45, 2.75) is 38.5 Å². The molecule has 1 aromatic rings. The van der Waals surface area contributed by atoms with Crippen molar-refractivity contribution in [1.29, 1.82) is 0 Å². The third kappa shape index (κ3) is 5.23. The maximum atomic E-state index is 12.7. The molecule has 9 heteroatoms. The maximum Gasteiger partial charge on any atom is 0.243 e. The highest BCUT2D eigenvalue weighted by Crippen LogP contribution is 2.37. The monoisotopic (exact) mass is 411 g/mol. The second-order valence-electron chi connectivity index (χ2n) is 6.86. The lowest BCUT2D eigenvalue weighted by molar-refractivity contribution is -0.122. The normalized spacial score (nSPS) is 18.6. The molecule has 1 fully saturated rings. The number of carbonyl (C=O) groups is 2. The summed E-state index contributed by atoms with van der Waals surface area (Å²) in [5, 5.41) is 5.43. The molecule has 2 N–H and O–H groups in total. The van der Waals surface area contributed by atoms with Crippen LogP contribution in [0, 0.1) is 11.8 Å². The minimum absolute atomic E-state index is 0.0230. The van der Waals surface area contributed by atoms with Gasteiger partial charge in [0.05, 0.1) is 17.7 Å². The summed E-state index contributed by atoms with van der Waals surface area (Å²) in [6.45, 7) is 6.49. The molecular weight excluding hydrogens is 382 g/mol. The van der Waals surface area contributed by atoms with Gasteiger partial charge in [-0.3, -0.25) is 9.59 Å². The number of amides is 2. The molecule has 1 aliphatic rings. The van der Waals surface area contributed by atoms with Gasteiger partial charge in [0.25, 0.3) is 0 Å². The molecule has 0 saturated heterocycles. The Kier molecular flexibility index (Phi) is 7.42. The van der Waals surface area contributed by atoms with Crippen LogP contribution in [0.5, 0.6) is 5.75 Å². The number of hydrogen-bond donors (Lipinski definition) is 2. The zero-order chi connectivity index (χ0) is 20.9. The van der Waals surface area contributed by atoms with E-state index in [1.807, 2.05) is 6.92 Å². The molecule has 1 saturated carbocycles. The van der Waals surface area contributed by atoms with Gasteiger partial charge in [-0.15, -0.1) is 0 Å². The Balaban J connectivity index is 2.04. The van der Waals surface area contributed by atoms with Crippen molar-refractivity contribution in [3.8, 4) is 5.75 Å². The van der Waals surface area contributed by atoms with Gasteiger partial charge in [0.15, 0.2) is 0 Å². The first-order chi connectivity index (χ1) is 13.2. The molecule has 156 valence electrons. The van der Waals surface area contributed by atoms with Crippen molar-refractivity contribution in [3.63, 3.8) is 0 Å². The van der Waals surface area contributed by atoms with E-state index in [-0.39, 0.29) is 41.3 Å². The molecule has 2 amide bonds. The molecule has 2 atom stereocenters. The van der Waals surface area contributed by atoms with Gasteiger partial charge in [-0.2, -0.15) is 4.31 Å². The Labute approximate surface area is 166 Å². The lowest BCUT2D eigenvalue weighted by Crippen LogP contribution is -2.31. The molecule has 0 aliphatic heterocycles. The van der Waals surface area contributed by atoms with Gasteiger partial charge in [0, 0.05) is 32.0 Å². The summed E-state index contributed by atoms with van der Waals surface area (Å²) in [4.78, 5) is 24.1. The molecular formula is C19H29N3O5S. The average Bonchev–Trinajstić information content (AvgIpc) is 3.39. The summed E-state index contributed by atoms with van der Waals surface area (Å²) in [6, 6.07) is 4.37. The summed E-state index contributed by atoms with van der Waals surface area (Å²) < 4.78 is 32.0. The number of anilines is 1. The van der Waals surface area contributed by atoms with Crippen LogP contribution in [0.15, 0.2) is 23.1 Å². The lowest BCUT2D eigenvalue weighted by Gasteiger charge is -2.19. The van der Waals surface area contributed by atoms with E-state index in [1.165, 1.54) is 29.6 Å². The maximum absolute atomic E-state index is 12.7. The van der Waals surface area contributed by atoms with E-state index in [4.69, 9.17) is 4.74 Å². The average molecular weight is 412 g/mol. The Morgan fingerprint density at radius 3 is 2.43 bits per heavy atom. The zero-order valence-corrected chi connectivity index (χ0v) is 17.6. The van der Waals surface area contributed by atoms with Gasteiger partial charge >= 0.3 is 0 Å². The molecule has 1 aliphatic carbocycles. The van der Waals surface area contributed by atoms with Crippen molar-refractivity contribution in [2.75, 3.05) is 32.1 Å². The van der Waals surface area contributed by atoms with Crippen LogP contribution in [0.3, 0.4) is 0 Å². The predicted octanol–water partition coefficient (Wildman–Crippen LogP) is 1.83. The largest absolute Gasteiger partial charge is 0.495 e. The number of hydrogen-bond acceptors (Lipinski definition) is 5. The predicted molar refractivity (Wildman–Crippen MR) is 107 cm³/mol. The van der Waals surface area contributed by atoms with Gasteiger partial charge in [-0.25, -0.2) is 8.42 Å². The van der Waals surface area contributed by atoms with E-state index in [0.717, 1.165) is 6.42 Å².